The van der Waals surface area contributed by atoms with Gasteiger partial charge in [-0.05, 0) is 67.4 Å². The number of nitrogens with zero attached hydrogens (tertiary/aromatic N) is 1. The summed E-state index contributed by atoms with van der Waals surface area (Å²) in [5, 5.41) is 2.97. The van der Waals surface area contributed by atoms with Crippen molar-refractivity contribution in [2.45, 2.75) is 13.8 Å². The number of rotatable bonds is 4. The molecule has 140 valence electrons. The van der Waals surface area contributed by atoms with Crippen LogP contribution in [0.15, 0.2) is 65.1 Å². The van der Waals surface area contributed by atoms with Gasteiger partial charge in [0.25, 0.3) is 5.91 Å². The largest absolute Gasteiger partial charge is 0.497 e. The van der Waals surface area contributed by atoms with Crippen molar-refractivity contribution in [1.29, 1.82) is 0 Å². The maximum absolute atomic E-state index is 12.7. The maximum Gasteiger partial charge on any atom is 0.255 e. The molecule has 1 heterocycles. The Labute approximate surface area is 163 Å². The summed E-state index contributed by atoms with van der Waals surface area (Å²) in [6, 6.07) is 18.7. The fourth-order valence-corrected chi connectivity index (χ4v) is 3.01. The van der Waals surface area contributed by atoms with E-state index in [1.807, 2.05) is 50.2 Å². The van der Waals surface area contributed by atoms with E-state index < -0.39 is 0 Å². The third-order valence-electron chi connectivity index (χ3n) is 4.61. The van der Waals surface area contributed by atoms with Gasteiger partial charge in [-0.1, -0.05) is 18.2 Å². The SMILES string of the molecule is COc1cccc(C(=O)Nc2cc(-c3nc4cc(C)ccc4o3)ccc2C)c1. The van der Waals surface area contributed by atoms with Gasteiger partial charge in [0.2, 0.25) is 5.89 Å². The van der Waals surface area contributed by atoms with Crippen LogP contribution in [0.3, 0.4) is 0 Å². The number of benzene rings is 3. The van der Waals surface area contributed by atoms with Crippen molar-refractivity contribution in [3.8, 4) is 17.2 Å². The quantitative estimate of drug-likeness (QED) is 0.523. The number of aryl methyl sites for hydroxylation is 2. The first-order valence-electron chi connectivity index (χ1n) is 8.97. The molecule has 28 heavy (non-hydrogen) atoms. The van der Waals surface area contributed by atoms with Gasteiger partial charge in [-0.15, -0.1) is 0 Å². The maximum atomic E-state index is 12.7. The summed E-state index contributed by atoms with van der Waals surface area (Å²) >= 11 is 0. The zero-order valence-electron chi connectivity index (χ0n) is 15.9. The third-order valence-corrected chi connectivity index (χ3v) is 4.61. The molecule has 0 fully saturated rings. The number of fused-ring (bicyclic) bond motifs is 1. The van der Waals surface area contributed by atoms with Gasteiger partial charge in [0.1, 0.15) is 11.3 Å². The van der Waals surface area contributed by atoms with Gasteiger partial charge in [0.05, 0.1) is 7.11 Å². The van der Waals surface area contributed by atoms with Crippen LogP contribution in [0.4, 0.5) is 5.69 Å². The number of oxazole rings is 1. The Kier molecular flexibility index (Phi) is 4.57. The summed E-state index contributed by atoms with van der Waals surface area (Å²) in [6.07, 6.45) is 0. The Morgan fingerprint density at radius 1 is 1.04 bits per heavy atom. The average Bonchev–Trinajstić information content (AvgIpc) is 3.12. The molecule has 0 radical (unpaired) electrons. The van der Waals surface area contributed by atoms with E-state index in [4.69, 9.17) is 9.15 Å². The lowest BCUT2D eigenvalue weighted by atomic mass is 10.1. The minimum absolute atomic E-state index is 0.202. The Balaban J connectivity index is 1.65. The van der Waals surface area contributed by atoms with Gasteiger partial charge >= 0.3 is 0 Å². The van der Waals surface area contributed by atoms with E-state index >= 15 is 0 Å². The second-order valence-electron chi connectivity index (χ2n) is 6.71. The first-order chi connectivity index (χ1) is 13.5. The van der Waals surface area contributed by atoms with Gasteiger partial charge in [0, 0.05) is 16.8 Å². The number of hydrogen-bond acceptors (Lipinski definition) is 4. The second kappa shape index (κ2) is 7.19. The number of hydrogen-bond donors (Lipinski definition) is 1. The number of amides is 1. The number of carbonyl (C=O) groups excluding carboxylic acids is 1. The zero-order valence-corrected chi connectivity index (χ0v) is 15.9. The minimum atomic E-state index is -0.202. The first kappa shape index (κ1) is 17.8. The van der Waals surface area contributed by atoms with Crippen LogP contribution in [-0.2, 0) is 0 Å². The molecule has 0 aliphatic heterocycles. The standard InChI is InChI=1S/C23H20N2O3/c1-14-7-10-21-20(11-14)25-23(28-21)17-9-8-15(2)19(13-17)24-22(26)16-5-4-6-18(12-16)27-3/h4-13H,1-3H3,(H,24,26). The summed E-state index contributed by atoms with van der Waals surface area (Å²) in [7, 11) is 1.58. The molecule has 4 aromatic rings. The molecule has 0 unspecified atom stereocenters. The van der Waals surface area contributed by atoms with Crippen molar-refractivity contribution in [2.75, 3.05) is 12.4 Å². The molecule has 0 saturated heterocycles. The molecule has 0 atom stereocenters. The number of nitrogens with one attached hydrogen (secondary N) is 1. The Morgan fingerprint density at radius 2 is 1.89 bits per heavy atom. The smallest absolute Gasteiger partial charge is 0.255 e. The Morgan fingerprint density at radius 3 is 2.71 bits per heavy atom. The van der Waals surface area contributed by atoms with E-state index in [1.165, 1.54) is 0 Å². The van der Waals surface area contributed by atoms with E-state index in [9.17, 15) is 4.79 Å². The van der Waals surface area contributed by atoms with Crippen LogP contribution in [0.5, 0.6) is 5.75 Å². The molecular weight excluding hydrogens is 352 g/mol. The summed E-state index contributed by atoms with van der Waals surface area (Å²) in [4.78, 5) is 17.2. The van der Waals surface area contributed by atoms with Crippen molar-refractivity contribution in [3.63, 3.8) is 0 Å². The zero-order chi connectivity index (χ0) is 19.7. The molecule has 5 nitrogen and oxygen atoms in total. The van der Waals surface area contributed by atoms with Gasteiger partial charge < -0.3 is 14.5 Å². The van der Waals surface area contributed by atoms with Gasteiger partial charge in [0.15, 0.2) is 5.58 Å². The fraction of sp³-hybridized carbons (Fsp3) is 0.130. The van der Waals surface area contributed by atoms with Crippen molar-refractivity contribution in [3.05, 3.63) is 77.4 Å². The average molecular weight is 372 g/mol. The molecule has 5 heteroatoms. The third kappa shape index (κ3) is 3.47. The van der Waals surface area contributed by atoms with Crippen molar-refractivity contribution < 1.29 is 13.9 Å². The highest BCUT2D eigenvalue weighted by Gasteiger charge is 2.13. The Bertz CT molecular complexity index is 1180. The van der Waals surface area contributed by atoms with Crippen LogP contribution in [0, 0.1) is 13.8 Å². The van der Waals surface area contributed by atoms with Crippen molar-refractivity contribution in [2.24, 2.45) is 0 Å². The summed E-state index contributed by atoms with van der Waals surface area (Å²) < 4.78 is 11.1. The molecule has 1 aromatic heterocycles. The lowest BCUT2D eigenvalue weighted by Crippen LogP contribution is -2.12. The molecule has 1 N–H and O–H groups in total. The molecule has 0 aliphatic rings. The lowest BCUT2D eigenvalue weighted by molar-refractivity contribution is 0.102. The summed E-state index contributed by atoms with van der Waals surface area (Å²) in [5.74, 6) is 0.963. The number of methoxy groups -OCH3 is 1. The molecule has 0 saturated carbocycles. The van der Waals surface area contributed by atoms with Crippen LogP contribution < -0.4 is 10.1 Å². The highest BCUT2D eigenvalue weighted by molar-refractivity contribution is 6.05. The second-order valence-corrected chi connectivity index (χ2v) is 6.71. The van der Waals surface area contributed by atoms with Crippen LogP contribution in [0.2, 0.25) is 0 Å². The van der Waals surface area contributed by atoms with Gasteiger partial charge in [-0.2, -0.15) is 0 Å². The van der Waals surface area contributed by atoms with Gasteiger partial charge in [-0.3, -0.25) is 4.79 Å². The summed E-state index contributed by atoms with van der Waals surface area (Å²) in [5.41, 5.74) is 5.68. The number of carbonyl (C=O) groups is 1. The molecule has 0 bridgehead atoms. The fourth-order valence-electron chi connectivity index (χ4n) is 3.01. The highest BCUT2D eigenvalue weighted by Crippen LogP contribution is 2.28. The molecule has 0 spiro atoms. The highest BCUT2D eigenvalue weighted by atomic mass is 16.5. The summed E-state index contributed by atoms with van der Waals surface area (Å²) in [6.45, 7) is 3.96. The molecule has 0 aliphatic carbocycles. The number of anilines is 1. The molecule has 4 rings (SSSR count). The van der Waals surface area contributed by atoms with E-state index in [0.717, 1.165) is 27.8 Å². The predicted molar refractivity (Wildman–Crippen MR) is 110 cm³/mol. The van der Waals surface area contributed by atoms with Crippen molar-refractivity contribution >= 4 is 22.7 Å². The van der Waals surface area contributed by atoms with Crippen LogP contribution >= 0.6 is 0 Å². The van der Waals surface area contributed by atoms with E-state index in [1.54, 1.807) is 31.4 Å². The predicted octanol–water partition coefficient (Wildman–Crippen LogP) is 5.37. The molecular formula is C23H20N2O3. The molecule has 3 aromatic carbocycles. The van der Waals surface area contributed by atoms with E-state index in [0.29, 0.717) is 22.9 Å². The van der Waals surface area contributed by atoms with Crippen LogP contribution in [0.25, 0.3) is 22.6 Å². The van der Waals surface area contributed by atoms with E-state index in [2.05, 4.69) is 10.3 Å². The van der Waals surface area contributed by atoms with Crippen LogP contribution in [-0.4, -0.2) is 18.0 Å². The van der Waals surface area contributed by atoms with Crippen LogP contribution in [0.1, 0.15) is 21.5 Å². The number of ether oxygens (including phenoxy) is 1. The number of aromatic nitrogens is 1. The van der Waals surface area contributed by atoms with E-state index in [-0.39, 0.29) is 5.91 Å². The first-order valence-corrected chi connectivity index (χ1v) is 8.97. The normalized spacial score (nSPS) is 10.8. The minimum Gasteiger partial charge on any atom is -0.497 e. The topological polar surface area (TPSA) is 64.4 Å². The lowest BCUT2D eigenvalue weighted by Gasteiger charge is -2.10. The monoisotopic (exact) mass is 372 g/mol. The van der Waals surface area contributed by atoms with Crippen molar-refractivity contribution in [1.82, 2.24) is 4.98 Å². The Hall–Kier alpha value is -3.60. The molecule has 1 amide bonds. The van der Waals surface area contributed by atoms with Gasteiger partial charge in [-0.25, -0.2) is 4.98 Å².